The molecule has 0 bridgehead atoms. The van der Waals surface area contributed by atoms with Crippen LogP contribution in [-0.4, -0.2) is 17.9 Å². The molecule has 1 unspecified atom stereocenters. The quantitative estimate of drug-likeness (QED) is 0.459. The van der Waals surface area contributed by atoms with E-state index in [9.17, 15) is 5.11 Å². The van der Waals surface area contributed by atoms with Crippen molar-refractivity contribution in [3.05, 3.63) is 88.5 Å². The second-order valence-electron chi connectivity index (χ2n) is 8.50. The Morgan fingerprint density at radius 1 is 0.897 bits per heavy atom. The summed E-state index contributed by atoms with van der Waals surface area (Å²) in [5, 5.41) is 13.0. The van der Waals surface area contributed by atoms with Crippen LogP contribution >= 0.6 is 8.58 Å². The van der Waals surface area contributed by atoms with Gasteiger partial charge in [-0.05, 0) is 47.3 Å². The van der Waals surface area contributed by atoms with Crippen molar-refractivity contribution in [1.29, 1.82) is 0 Å². The molecule has 3 heteroatoms. The number of hydrogen-bond acceptors (Lipinski definition) is 2. The van der Waals surface area contributed by atoms with E-state index in [1.54, 1.807) is 0 Å². The molecule has 0 saturated heterocycles. The Morgan fingerprint density at radius 3 is 2.21 bits per heavy atom. The summed E-state index contributed by atoms with van der Waals surface area (Å²) in [6.45, 7) is 10.8. The largest absolute Gasteiger partial charge is 0.507 e. The monoisotopic (exact) mass is 403 g/mol. The Balaban J connectivity index is 2.14. The zero-order valence-corrected chi connectivity index (χ0v) is 19.2. The van der Waals surface area contributed by atoms with Crippen LogP contribution in [0.1, 0.15) is 48.6 Å². The Kier molecular flexibility index (Phi) is 6.24. The van der Waals surface area contributed by atoms with Crippen LogP contribution in [0.5, 0.6) is 5.75 Å². The van der Waals surface area contributed by atoms with Crippen LogP contribution < -0.4 is 10.6 Å². The van der Waals surface area contributed by atoms with Gasteiger partial charge in [-0.15, -0.1) is 0 Å². The van der Waals surface area contributed by atoms with Gasteiger partial charge in [0.25, 0.3) is 0 Å². The van der Waals surface area contributed by atoms with Gasteiger partial charge in [0.15, 0.2) is 0 Å². The van der Waals surface area contributed by atoms with Crippen LogP contribution in [0.4, 0.5) is 0 Å². The summed E-state index contributed by atoms with van der Waals surface area (Å²) < 4.78 is 0. The molecule has 0 aliphatic heterocycles. The van der Waals surface area contributed by atoms with Gasteiger partial charge < -0.3 is 5.11 Å². The number of aromatic hydroxyl groups is 1. The molecule has 0 aromatic heterocycles. The molecule has 0 aliphatic rings. The average Bonchev–Trinajstić information content (AvgIpc) is 2.68. The minimum Gasteiger partial charge on any atom is -0.507 e. The second-order valence-corrected chi connectivity index (χ2v) is 9.79. The van der Waals surface area contributed by atoms with Gasteiger partial charge in [0.05, 0.1) is 5.71 Å². The third-order valence-corrected chi connectivity index (χ3v) is 6.79. The van der Waals surface area contributed by atoms with Gasteiger partial charge >= 0.3 is 0 Å². The number of benzene rings is 3. The summed E-state index contributed by atoms with van der Waals surface area (Å²) in [6.07, 6.45) is 0. The molecule has 0 fully saturated rings. The summed E-state index contributed by atoms with van der Waals surface area (Å²) in [6, 6.07) is 20.9. The summed E-state index contributed by atoms with van der Waals surface area (Å²) in [5.41, 5.74) is 6.66. The first-order valence-electron chi connectivity index (χ1n) is 9.95. The van der Waals surface area contributed by atoms with E-state index in [1.165, 1.54) is 16.4 Å². The Morgan fingerprint density at radius 2 is 1.59 bits per heavy atom. The first-order chi connectivity index (χ1) is 13.7. The number of phenols is 1. The maximum absolute atomic E-state index is 10.8. The Labute approximate surface area is 176 Å². The van der Waals surface area contributed by atoms with E-state index >= 15 is 0 Å². The van der Waals surface area contributed by atoms with E-state index in [2.05, 4.69) is 75.2 Å². The molecular weight excluding hydrogens is 373 g/mol. The predicted molar refractivity (Wildman–Crippen MR) is 128 cm³/mol. The Bertz CT molecular complexity index is 1050. The van der Waals surface area contributed by atoms with Crippen molar-refractivity contribution < 1.29 is 5.11 Å². The normalized spacial score (nSPS) is 12.7. The van der Waals surface area contributed by atoms with Crippen molar-refractivity contribution in [1.82, 2.24) is 0 Å². The fourth-order valence-electron chi connectivity index (χ4n) is 3.47. The molecule has 3 aromatic rings. The smallest absolute Gasteiger partial charge is 0.126 e. The molecule has 150 valence electrons. The first-order valence-corrected chi connectivity index (χ1v) is 11.0. The molecule has 29 heavy (non-hydrogen) atoms. The standard InChI is InChI=1S/C26H30NOP/c1-17-11-10-14-21(23(27-6)19-12-8-7-9-13-19)25(17)29-22-16-20(26(3,4)5)15-18(2)24(22)28/h7-16,28-29H,1-6H3. The van der Waals surface area contributed by atoms with Crippen molar-refractivity contribution in [3.63, 3.8) is 0 Å². The number of phenolic OH excluding ortho intramolecular Hbond substituents is 1. The lowest BCUT2D eigenvalue weighted by atomic mass is 9.86. The maximum Gasteiger partial charge on any atom is 0.126 e. The van der Waals surface area contributed by atoms with Crippen LogP contribution in [-0.2, 0) is 5.41 Å². The lowest BCUT2D eigenvalue weighted by Crippen LogP contribution is -2.20. The third kappa shape index (κ3) is 4.60. The van der Waals surface area contributed by atoms with E-state index in [4.69, 9.17) is 0 Å². The molecular formula is C26H30NOP. The van der Waals surface area contributed by atoms with Gasteiger partial charge in [-0.1, -0.05) is 83.9 Å². The number of aliphatic imine (C=N–C) groups is 1. The van der Waals surface area contributed by atoms with Crippen LogP contribution in [0.2, 0.25) is 0 Å². The lowest BCUT2D eigenvalue weighted by molar-refractivity contribution is 0.474. The maximum atomic E-state index is 10.8. The predicted octanol–water partition coefficient (Wildman–Crippen LogP) is 5.40. The van der Waals surface area contributed by atoms with Gasteiger partial charge in [0.2, 0.25) is 0 Å². The third-order valence-electron chi connectivity index (χ3n) is 5.22. The summed E-state index contributed by atoms with van der Waals surface area (Å²) in [4.78, 5) is 4.63. The van der Waals surface area contributed by atoms with E-state index in [0.717, 1.165) is 27.7 Å². The zero-order valence-electron chi connectivity index (χ0n) is 18.2. The molecule has 0 spiro atoms. The SMILES string of the molecule is CN=C(c1ccccc1)c1cccc(C)c1Pc1cc(C(C)(C)C)cc(C)c1O. The van der Waals surface area contributed by atoms with Crippen molar-refractivity contribution in [2.75, 3.05) is 7.05 Å². The van der Waals surface area contributed by atoms with Crippen molar-refractivity contribution in [3.8, 4) is 5.75 Å². The molecule has 1 atom stereocenters. The van der Waals surface area contributed by atoms with E-state index < -0.39 is 0 Å². The van der Waals surface area contributed by atoms with Crippen LogP contribution in [0, 0.1) is 13.8 Å². The van der Waals surface area contributed by atoms with Crippen LogP contribution in [0.25, 0.3) is 0 Å². The molecule has 0 amide bonds. The summed E-state index contributed by atoms with van der Waals surface area (Å²) in [7, 11) is 2.20. The minimum absolute atomic E-state index is 0.0341. The van der Waals surface area contributed by atoms with Gasteiger partial charge in [-0.2, -0.15) is 0 Å². The molecule has 0 radical (unpaired) electrons. The van der Waals surface area contributed by atoms with Crippen LogP contribution in [0.15, 0.2) is 65.7 Å². The molecule has 0 heterocycles. The van der Waals surface area contributed by atoms with Gasteiger partial charge in [-0.3, -0.25) is 4.99 Å². The van der Waals surface area contributed by atoms with E-state index in [0.29, 0.717) is 14.3 Å². The topological polar surface area (TPSA) is 32.6 Å². The highest BCUT2D eigenvalue weighted by molar-refractivity contribution is 7.56. The molecule has 3 aromatic carbocycles. The molecule has 2 nitrogen and oxygen atoms in total. The number of nitrogens with zero attached hydrogens (tertiary/aromatic N) is 1. The van der Waals surface area contributed by atoms with Crippen molar-refractivity contribution in [2.45, 2.75) is 40.0 Å². The average molecular weight is 404 g/mol. The van der Waals surface area contributed by atoms with E-state index in [1.807, 2.05) is 32.2 Å². The number of rotatable bonds is 4. The molecule has 0 saturated carbocycles. The van der Waals surface area contributed by atoms with E-state index in [-0.39, 0.29) is 5.41 Å². The lowest BCUT2D eigenvalue weighted by Gasteiger charge is -2.22. The van der Waals surface area contributed by atoms with Gasteiger partial charge in [0.1, 0.15) is 5.75 Å². The second kappa shape index (κ2) is 8.51. The highest BCUT2D eigenvalue weighted by Gasteiger charge is 2.20. The first kappa shape index (κ1) is 21.3. The van der Waals surface area contributed by atoms with Crippen LogP contribution in [0.3, 0.4) is 0 Å². The summed E-state index contributed by atoms with van der Waals surface area (Å²) in [5.74, 6) is 0.403. The molecule has 0 aliphatic carbocycles. The number of aryl methyl sites for hydroxylation is 2. The zero-order chi connectivity index (χ0) is 21.2. The highest BCUT2D eigenvalue weighted by Crippen LogP contribution is 2.31. The minimum atomic E-state index is 0.0341. The van der Waals surface area contributed by atoms with Crippen molar-refractivity contribution in [2.24, 2.45) is 4.99 Å². The Hall–Kier alpha value is -2.44. The van der Waals surface area contributed by atoms with Gasteiger partial charge in [0, 0.05) is 23.5 Å². The fraction of sp³-hybridized carbons (Fsp3) is 0.269. The molecule has 3 rings (SSSR count). The van der Waals surface area contributed by atoms with Crippen molar-refractivity contribution >= 4 is 24.9 Å². The number of hydrogen-bond donors (Lipinski definition) is 1. The fourth-order valence-corrected chi connectivity index (χ4v) is 4.90. The molecule has 1 N–H and O–H groups in total. The summed E-state index contributed by atoms with van der Waals surface area (Å²) >= 11 is 0. The van der Waals surface area contributed by atoms with Gasteiger partial charge in [-0.25, -0.2) is 0 Å². The highest BCUT2D eigenvalue weighted by atomic mass is 31.1.